The van der Waals surface area contributed by atoms with Gasteiger partial charge in [0.05, 0.1) is 30.5 Å². The monoisotopic (exact) mass is 793 g/mol. The van der Waals surface area contributed by atoms with Crippen LogP contribution in [-0.2, 0) is 38.1 Å². The quantitative estimate of drug-likeness (QED) is 0.222. The molecule has 13 nitrogen and oxygen atoms in total. The highest BCUT2D eigenvalue weighted by molar-refractivity contribution is 5.88. The average molecular weight is 794 g/mol. The molecule has 15 unspecified atom stereocenters. The molecule has 320 valence electrons. The molecule has 56 heavy (non-hydrogen) atoms. The molecule has 4 N–H and O–H groups in total. The number of allylic oxidation sites excluding steroid dienone is 3. The van der Waals surface area contributed by atoms with Gasteiger partial charge >= 0.3 is 5.97 Å². The Morgan fingerprint density at radius 2 is 1.57 bits per heavy atom. The number of ether oxygens (including phenoxy) is 5. The maximum atomic E-state index is 14.3. The minimum Gasteiger partial charge on any atom is -0.456 e. The van der Waals surface area contributed by atoms with Crippen LogP contribution in [0.2, 0.25) is 0 Å². The van der Waals surface area contributed by atoms with Gasteiger partial charge in [-0.1, -0.05) is 45.4 Å². The second-order valence-electron chi connectivity index (χ2n) is 17.3. The van der Waals surface area contributed by atoms with Crippen molar-refractivity contribution in [3.05, 3.63) is 23.3 Å². The summed E-state index contributed by atoms with van der Waals surface area (Å²) in [6, 6.07) is -1.07. The Balaban J connectivity index is 1.76. The molecule has 0 spiro atoms. The predicted octanol–water partition coefficient (Wildman–Crippen LogP) is 4.26. The standard InChI is InChI=1S/C43H71NO12/c1-10-30-18-24(2)17-25(3)19-36(53-8)39-37(54-9)21-27(5)43(51,56-39)40(48)41(49)44-16-12-11-13-31(44)42(50)55-38(28(6)33(46)23-34(30)47)26(4)20-29-14-15-32(45)35(22-29)52-7/h18,20,25,27-33,35-40,45-46,48,51H,10-17,19,21-23H2,1-9H3. The topological polar surface area (TPSA) is 182 Å². The number of aliphatic hydroxyl groups is 4. The Hall–Kier alpha value is -2.23. The van der Waals surface area contributed by atoms with E-state index < -0.39 is 84.2 Å². The Morgan fingerprint density at radius 3 is 2.21 bits per heavy atom. The van der Waals surface area contributed by atoms with E-state index in [1.165, 1.54) is 4.90 Å². The van der Waals surface area contributed by atoms with Gasteiger partial charge in [0.15, 0.2) is 6.10 Å². The number of methoxy groups -OCH3 is 3. The Morgan fingerprint density at radius 1 is 0.911 bits per heavy atom. The van der Waals surface area contributed by atoms with Crippen molar-refractivity contribution in [3.63, 3.8) is 0 Å². The summed E-state index contributed by atoms with van der Waals surface area (Å²) in [5.41, 5.74) is 1.69. The van der Waals surface area contributed by atoms with Crippen LogP contribution in [0.25, 0.3) is 0 Å². The number of hydrogen-bond acceptors (Lipinski definition) is 12. The van der Waals surface area contributed by atoms with Gasteiger partial charge in [-0.25, -0.2) is 4.79 Å². The van der Waals surface area contributed by atoms with Gasteiger partial charge in [-0.15, -0.1) is 0 Å². The van der Waals surface area contributed by atoms with Crippen LogP contribution in [0.15, 0.2) is 23.3 Å². The first-order chi connectivity index (χ1) is 26.5. The van der Waals surface area contributed by atoms with E-state index in [4.69, 9.17) is 23.7 Å². The fraction of sp³-hybridized carbons (Fsp3) is 0.837. The first-order valence-electron chi connectivity index (χ1n) is 20.9. The number of rotatable bonds is 6. The van der Waals surface area contributed by atoms with Crippen LogP contribution in [0.1, 0.15) is 112 Å². The van der Waals surface area contributed by atoms with Gasteiger partial charge in [0.1, 0.15) is 24.0 Å². The third-order valence-electron chi connectivity index (χ3n) is 13.1. The number of piperidine rings is 1. The lowest BCUT2D eigenvalue weighted by molar-refractivity contribution is -0.346. The lowest BCUT2D eigenvalue weighted by Crippen LogP contribution is -2.66. The summed E-state index contributed by atoms with van der Waals surface area (Å²) in [6.07, 6.45) is 2.19. The van der Waals surface area contributed by atoms with E-state index >= 15 is 0 Å². The van der Waals surface area contributed by atoms with Crippen LogP contribution < -0.4 is 0 Å². The smallest absolute Gasteiger partial charge is 0.329 e. The number of esters is 1. The molecular weight excluding hydrogens is 722 g/mol. The summed E-state index contributed by atoms with van der Waals surface area (Å²) < 4.78 is 29.9. The normalized spacial score (nSPS) is 41.9. The summed E-state index contributed by atoms with van der Waals surface area (Å²) in [5, 5.41) is 46.0. The molecule has 1 aliphatic carbocycles. The molecule has 0 aromatic carbocycles. The minimum atomic E-state index is -2.31. The zero-order chi connectivity index (χ0) is 41.5. The fourth-order valence-corrected chi connectivity index (χ4v) is 9.54. The molecule has 13 heteroatoms. The van der Waals surface area contributed by atoms with Crippen molar-refractivity contribution in [1.29, 1.82) is 0 Å². The zero-order valence-electron chi connectivity index (χ0n) is 35.2. The highest BCUT2D eigenvalue weighted by atomic mass is 16.7. The van der Waals surface area contributed by atoms with Crippen molar-refractivity contribution in [3.8, 4) is 0 Å². The van der Waals surface area contributed by atoms with Crippen molar-refractivity contribution in [2.45, 2.75) is 173 Å². The lowest BCUT2D eigenvalue weighted by Gasteiger charge is -2.49. The number of Topliss-reactive ketones (excluding diaryl/α,β-unsaturated/α-hetero) is 1. The summed E-state index contributed by atoms with van der Waals surface area (Å²) in [4.78, 5) is 43.7. The Labute approximate surface area is 334 Å². The SMILES string of the molecule is CCC1C=C(C)CC(C)CC(OC)C2OC(O)(C(C)CC2OC)C(O)C(=O)N2CCCCC2C(=O)OC(C(C)=CC2CCC(O)C(OC)C2)C(C)C(O)CC1=O. The molecule has 2 saturated heterocycles. The summed E-state index contributed by atoms with van der Waals surface area (Å²) in [5.74, 6) is -5.73. The van der Waals surface area contributed by atoms with Gasteiger partial charge in [0, 0.05) is 52.0 Å². The van der Waals surface area contributed by atoms with Gasteiger partial charge in [-0.05, 0) is 95.5 Å². The second kappa shape index (κ2) is 20.6. The zero-order valence-corrected chi connectivity index (χ0v) is 35.2. The van der Waals surface area contributed by atoms with Crippen molar-refractivity contribution in [2.75, 3.05) is 27.9 Å². The van der Waals surface area contributed by atoms with E-state index in [9.17, 15) is 34.8 Å². The van der Waals surface area contributed by atoms with Gasteiger partial charge in [0.25, 0.3) is 5.91 Å². The van der Waals surface area contributed by atoms with E-state index in [1.807, 2.05) is 32.9 Å². The number of ketones is 1. The van der Waals surface area contributed by atoms with E-state index in [2.05, 4.69) is 6.92 Å². The lowest BCUT2D eigenvalue weighted by atomic mass is 9.81. The number of hydrogen-bond donors (Lipinski definition) is 4. The van der Waals surface area contributed by atoms with E-state index in [0.717, 1.165) is 5.57 Å². The molecule has 3 aliphatic heterocycles. The summed E-state index contributed by atoms with van der Waals surface area (Å²) in [6.45, 7) is 11.4. The summed E-state index contributed by atoms with van der Waals surface area (Å²) >= 11 is 0. The first kappa shape index (κ1) is 46.5. The van der Waals surface area contributed by atoms with Gasteiger partial charge < -0.3 is 49.0 Å². The van der Waals surface area contributed by atoms with Crippen LogP contribution in [0.5, 0.6) is 0 Å². The van der Waals surface area contributed by atoms with Crippen LogP contribution in [0.4, 0.5) is 0 Å². The van der Waals surface area contributed by atoms with Gasteiger partial charge in [-0.3, -0.25) is 9.59 Å². The molecule has 15 atom stereocenters. The maximum absolute atomic E-state index is 14.3. The molecule has 3 heterocycles. The van der Waals surface area contributed by atoms with Crippen molar-refractivity contribution >= 4 is 17.7 Å². The molecule has 3 fully saturated rings. The van der Waals surface area contributed by atoms with Gasteiger partial charge in [-0.2, -0.15) is 0 Å². The fourth-order valence-electron chi connectivity index (χ4n) is 9.54. The Kier molecular flexibility index (Phi) is 17.1. The molecule has 0 aromatic rings. The third kappa shape index (κ3) is 10.9. The molecule has 0 radical (unpaired) electrons. The molecule has 2 bridgehead atoms. The number of amides is 1. The maximum Gasteiger partial charge on any atom is 0.329 e. The highest BCUT2D eigenvalue weighted by Gasteiger charge is 2.56. The largest absolute Gasteiger partial charge is 0.456 e. The van der Waals surface area contributed by atoms with Crippen molar-refractivity contribution in [1.82, 2.24) is 4.90 Å². The molecule has 4 rings (SSSR count). The first-order valence-corrected chi connectivity index (χ1v) is 20.9. The van der Waals surface area contributed by atoms with Crippen molar-refractivity contribution < 1.29 is 58.5 Å². The molecule has 1 amide bonds. The summed E-state index contributed by atoms with van der Waals surface area (Å²) in [7, 11) is 4.68. The number of carbonyl (C=O) groups is 3. The highest BCUT2D eigenvalue weighted by Crippen LogP contribution is 2.40. The third-order valence-corrected chi connectivity index (χ3v) is 13.1. The van der Waals surface area contributed by atoms with Crippen molar-refractivity contribution in [2.24, 2.45) is 29.6 Å². The average Bonchev–Trinajstić information content (AvgIpc) is 3.18. The number of carbonyl (C=O) groups excluding carboxylic acids is 3. The number of cyclic esters (lactones) is 1. The molecule has 1 saturated carbocycles. The second-order valence-corrected chi connectivity index (χ2v) is 17.3. The van der Waals surface area contributed by atoms with Crippen LogP contribution in [-0.4, -0.2) is 132 Å². The van der Waals surface area contributed by atoms with Crippen LogP contribution in [0, 0.1) is 29.6 Å². The molecule has 0 aromatic heterocycles. The molecule has 4 aliphatic rings. The molecular formula is C43H71NO12. The number of aliphatic hydroxyl groups excluding tert-OH is 3. The van der Waals surface area contributed by atoms with Crippen LogP contribution in [0.3, 0.4) is 0 Å². The van der Waals surface area contributed by atoms with E-state index in [1.54, 1.807) is 35.2 Å². The predicted molar refractivity (Wildman–Crippen MR) is 209 cm³/mol. The minimum absolute atomic E-state index is 0.0125. The number of fused-ring (bicyclic) bond motifs is 3. The van der Waals surface area contributed by atoms with E-state index in [0.29, 0.717) is 56.9 Å². The van der Waals surface area contributed by atoms with Crippen LogP contribution >= 0.6 is 0 Å². The Bertz CT molecular complexity index is 1390. The van der Waals surface area contributed by atoms with Gasteiger partial charge in [0.2, 0.25) is 5.79 Å². The van der Waals surface area contributed by atoms with E-state index in [-0.39, 0.29) is 49.5 Å². The number of nitrogens with zero attached hydrogens (tertiary/aromatic N) is 1.